The first-order valence-corrected chi connectivity index (χ1v) is 9.97. The maximum Gasteiger partial charge on any atom is 0.315 e. The molecule has 1 atom stereocenters. The Morgan fingerprint density at radius 1 is 1.24 bits per heavy atom. The molecule has 1 saturated carbocycles. The number of piperidine rings is 1. The molecule has 0 bridgehead atoms. The monoisotopic (exact) mass is 343 g/mol. The summed E-state index contributed by atoms with van der Waals surface area (Å²) in [5.74, 6) is 0. The third-order valence-corrected chi connectivity index (χ3v) is 6.36. The zero-order valence-corrected chi connectivity index (χ0v) is 15.8. The van der Waals surface area contributed by atoms with Gasteiger partial charge < -0.3 is 15.5 Å². The zero-order chi connectivity index (χ0) is 17.7. The second-order valence-corrected chi connectivity index (χ2v) is 7.89. The van der Waals surface area contributed by atoms with Crippen molar-refractivity contribution in [3.05, 3.63) is 35.9 Å². The molecule has 138 valence electrons. The maximum atomic E-state index is 12.4. The molecule has 3 rings (SSSR count). The van der Waals surface area contributed by atoms with Crippen LogP contribution >= 0.6 is 0 Å². The van der Waals surface area contributed by atoms with Crippen LogP contribution < -0.4 is 10.6 Å². The van der Waals surface area contributed by atoms with E-state index in [9.17, 15) is 4.79 Å². The van der Waals surface area contributed by atoms with Crippen molar-refractivity contribution in [2.45, 2.75) is 69.9 Å². The quantitative estimate of drug-likeness (QED) is 0.828. The van der Waals surface area contributed by atoms with Gasteiger partial charge in [-0.3, -0.25) is 0 Å². The van der Waals surface area contributed by atoms with E-state index in [-0.39, 0.29) is 11.4 Å². The van der Waals surface area contributed by atoms with Gasteiger partial charge in [0.05, 0.1) is 0 Å². The fourth-order valence-electron chi connectivity index (χ4n) is 4.19. The smallest absolute Gasteiger partial charge is 0.315 e. The molecule has 0 radical (unpaired) electrons. The molecule has 0 spiro atoms. The van der Waals surface area contributed by atoms with Gasteiger partial charge in [-0.1, -0.05) is 43.7 Å². The fraction of sp³-hybridized carbons (Fsp3) is 0.667. The molecule has 1 aliphatic heterocycles. The number of likely N-dealkylation sites (tertiary alicyclic amines) is 1. The van der Waals surface area contributed by atoms with Gasteiger partial charge in [0.15, 0.2) is 0 Å². The molecule has 0 aromatic heterocycles. The predicted molar refractivity (Wildman–Crippen MR) is 103 cm³/mol. The number of nitrogens with zero attached hydrogens (tertiary/aromatic N) is 1. The van der Waals surface area contributed by atoms with E-state index < -0.39 is 0 Å². The van der Waals surface area contributed by atoms with Crippen molar-refractivity contribution in [1.29, 1.82) is 0 Å². The third-order valence-electron chi connectivity index (χ3n) is 6.36. The molecule has 1 saturated heterocycles. The summed E-state index contributed by atoms with van der Waals surface area (Å²) in [6.45, 7) is 7.46. The van der Waals surface area contributed by atoms with Gasteiger partial charge in [-0.05, 0) is 44.6 Å². The van der Waals surface area contributed by atoms with Crippen LogP contribution in [0.5, 0.6) is 0 Å². The molecule has 2 aliphatic rings. The normalized spacial score (nSPS) is 22.0. The Balaban J connectivity index is 1.44. The second kappa shape index (κ2) is 8.22. The lowest BCUT2D eigenvalue weighted by molar-refractivity contribution is 0.148. The molecule has 1 aliphatic carbocycles. The number of urea groups is 1. The highest BCUT2D eigenvalue weighted by molar-refractivity contribution is 5.74. The number of hydrogen-bond donors (Lipinski definition) is 2. The molecule has 2 N–H and O–H groups in total. The van der Waals surface area contributed by atoms with E-state index in [1.807, 2.05) is 0 Å². The zero-order valence-electron chi connectivity index (χ0n) is 15.8. The highest BCUT2D eigenvalue weighted by atomic mass is 16.2. The minimum atomic E-state index is 0.00389. The second-order valence-electron chi connectivity index (χ2n) is 7.89. The average molecular weight is 344 g/mol. The van der Waals surface area contributed by atoms with E-state index in [0.29, 0.717) is 12.1 Å². The average Bonchev–Trinajstić information content (AvgIpc) is 2.62. The topological polar surface area (TPSA) is 44.4 Å². The summed E-state index contributed by atoms with van der Waals surface area (Å²) in [7, 11) is 0. The predicted octanol–water partition coefficient (Wildman–Crippen LogP) is 3.67. The molecule has 4 heteroatoms. The Labute approximate surface area is 152 Å². The minimum absolute atomic E-state index is 0.00389. The first-order chi connectivity index (χ1) is 12.1. The first-order valence-electron chi connectivity index (χ1n) is 9.97. The Bertz CT molecular complexity index is 548. The van der Waals surface area contributed by atoms with Crippen molar-refractivity contribution in [2.75, 3.05) is 19.6 Å². The summed E-state index contributed by atoms with van der Waals surface area (Å²) in [5, 5.41) is 6.34. The maximum absolute atomic E-state index is 12.4. The first kappa shape index (κ1) is 18.2. The van der Waals surface area contributed by atoms with Crippen molar-refractivity contribution in [3.8, 4) is 0 Å². The number of hydrogen-bond acceptors (Lipinski definition) is 2. The van der Waals surface area contributed by atoms with Crippen molar-refractivity contribution in [3.63, 3.8) is 0 Å². The van der Waals surface area contributed by atoms with Crippen molar-refractivity contribution >= 4 is 6.03 Å². The molecule has 1 aromatic carbocycles. The summed E-state index contributed by atoms with van der Waals surface area (Å²) in [5.41, 5.74) is 1.52. The van der Waals surface area contributed by atoms with Gasteiger partial charge in [-0.15, -0.1) is 0 Å². The lowest BCUT2D eigenvalue weighted by atomic mass is 9.64. The van der Waals surface area contributed by atoms with Crippen molar-refractivity contribution < 1.29 is 4.79 Å². The molecular weight excluding hydrogens is 310 g/mol. The summed E-state index contributed by atoms with van der Waals surface area (Å²) in [6.07, 6.45) is 6.91. The van der Waals surface area contributed by atoms with Crippen LogP contribution in [0.1, 0.15) is 57.9 Å². The molecule has 2 fully saturated rings. The van der Waals surface area contributed by atoms with Crippen LogP contribution in [0.4, 0.5) is 4.79 Å². The lowest BCUT2D eigenvalue weighted by Gasteiger charge is -2.43. The number of benzene rings is 1. The van der Waals surface area contributed by atoms with Gasteiger partial charge >= 0.3 is 6.03 Å². The minimum Gasteiger partial charge on any atom is -0.337 e. The highest BCUT2D eigenvalue weighted by Gasteiger charge is 2.38. The van der Waals surface area contributed by atoms with Crippen LogP contribution in [0, 0.1) is 0 Å². The van der Waals surface area contributed by atoms with E-state index in [4.69, 9.17) is 0 Å². The molecule has 4 nitrogen and oxygen atoms in total. The van der Waals surface area contributed by atoms with Gasteiger partial charge in [0.2, 0.25) is 0 Å². The number of rotatable bonds is 6. The van der Waals surface area contributed by atoms with Gasteiger partial charge in [0.1, 0.15) is 0 Å². The standard InChI is InChI=1S/C21H33N3O/c1-3-17(2)24-14-10-19(11-15-24)23-20(25)22-16-21(12-7-13-21)18-8-5-4-6-9-18/h4-6,8-9,17,19H,3,7,10-16H2,1-2H3,(H2,22,23,25). The Morgan fingerprint density at radius 3 is 2.48 bits per heavy atom. The summed E-state index contributed by atoms with van der Waals surface area (Å²) >= 11 is 0. The van der Waals surface area contributed by atoms with E-state index in [0.717, 1.165) is 32.5 Å². The largest absolute Gasteiger partial charge is 0.337 e. The number of nitrogens with one attached hydrogen (secondary N) is 2. The molecule has 1 heterocycles. The van der Waals surface area contributed by atoms with Crippen LogP contribution in [0.3, 0.4) is 0 Å². The van der Waals surface area contributed by atoms with E-state index >= 15 is 0 Å². The Kier molecular flexibility index (Phi) is 6.00. The van der Waals surface area contributed by atoms with Crippen molar-refractivity contribution in [1.82, 2.24) is 15.5 Å². The van der Waals surface area contributed by atoms with Crippen LogP contribution in [-0.4, -0.2) is 42.6 Å². The SMILES string of the molecule is CCC(C)N1CCC(NC(=O)NCC2(c3ccccc3)CCC2)CC1. The highest BCUT2D eigenvalue weighted by Crippen LogP contribution is 2.43. The summed E-state index contributed by atoms with van der Waals surface area (Å²) < 4.78 is 0. The van der Waals surface area contributed by atoms with Crippen LogP contribution in [0.15, 0.2) is 30.3 Å². The number of carbonyl (C=O) groups excluding carboxylic acids is 1. The number of amides is 2. The summed E-state index contributed by atoms with van der Waals surface area (Å²) in [6, 6.07) is 11.6. The molecular formula is C21H33N3O. The van der Waals surface area contributed by atoms with Crippen LogP contribution in [-0.2, 0) is 5.41 Å². The Morgan fingerprint density at radius 2 is 1.92 bits per heavy atom. The van der Waals surface area contributed by atoms with Gasteiger partial charge in [-0.2, -0.15) is 0 Å². The van der Waals surface area contributed by atoms with Crippen molar-refractivity contribution in [2.24, 2.45) is 0 Å². The number of carbonyl (C=O) groups is 1. The van der Waals surface area contributed by atoms with Crippen LogP contribution in [0.25, 0.3) is 0 Å². The Hall–Kier alpha value is -1.55. The fourth-order valence-corrected chi connectivity index (χ4v) is 4.19. The van der Waals surface area contributed by atoms with E-state index in [1.165, 1.54) is 31.2 Å². The van der Waals surface area contributed by atoms with Gasteiger partial charge in [0.25, 0.3) is 0 Å². The lowest BCUT2D eigenvalue weighted by Crippen LogP contribution is -2.52. The molecule has 1 aromatic rings. The third kappa shape index (κ3) is 4.35. The van der Waals surface area contributed by atoms with E-state index in [2.05, 4.69) is 59.7 Å². The van der Waals surface area contributed by atoms with E-state index in [1.54, 1.807) is 0 Å². The van der Waals surface area contributed by atoms with Gasteiger partial charge in [-0.25, -0.2) is 4.79 Å². The van der Waals surface area contributed by atoms with Gasteiger partial charge in [0, 0.05) is 37.1 Å². The van der Waals surface area contributed by atoms with Crippen LogP contribution in [0.2, 0.25) is 0 Å². The summed E-state index contributed by atoms with van der Waals surface area (Å²) in [4.78, 5) is 14.9. The molecule has 1 unspecified atom stereocenters. The molecule has 2 amide bonds. The molecule has 25 heavy (non-hydrogen) atoms.